The third kappa shape index (κ3) is 4.11. The molecular weight excluding hydrogens is 396 g/mol. The second-order valence-corrected chi connectivity index (χ2v) is 7.77. The predicted octanol–water partition coefficient (Wildman–Crippen LogP) is 2.28. The molecule has 0 radical (unpaired) electrons. The average Bonchev–Trinajstić information content (AvgIpc) is 3.37. The van der Waals surface area contributed by atoms with Crippen molar-refractivity contribution in [3.8, 4) is 11.6 Å². The van der Waals surface area contributed by atoms with E-state index in [2.05, 4.69) is 15.3 Å². The zero-order valence-electron chi connectivity index (χ0n) is 16.9. The number of amides is 2. The highest BCUT2D eigenvalue weighted by Crippen LogP contribution is 2.26. The van der Waals surface area contributed by atoms with Crippen molar-refractivity contribution in [2.45, 2.75) is 25.4 Å². The summed E-state index contributed by atoms with van der Waals surface area (Å²) in [4.78, 5) is 32.3. The van der Waals surface area contributed by atoms with E-state index in [1.165, 1.54) is 0 Å². The number of aromatic nitrogens is 4. The van der Waals surface area contributed by atoms with Gasteiger partial charge in [0.05, 0.1) is 18.8 Å². The highest BCUT2D eigenvalue weighted by molar-refractivity contribution is 5.95. The Bertz CT molecular complexity index is 1090. The van der Waals surface area contributed by atoms with Gasteiger partial charge in [0.2, 0.25) is 11.8 Å². The molecular formula is C22H22N6O3. The van der Waals surface area contributed by atoms with Crippen LogP contribution in [0.5, 0.6) is 11.6 Å². The van der Waals surface area contributed by atoms with Crippen LogP contribution in [0.2, 0.25) is 0 Å². The quantitative estimate of drug-likeness (QED) is 0.610. The van der Waals surface area contributed by atoms with E-state index in [1.807, 2.05) is 23.2 Å². The molecule has 0 spiro atoms. The number of hydrogen-bond acceptors (Lipinski definition) is 6. The Morgan fingerprint density at radius 3 is 2.84 bits per heavy atom. The second kappa shape index (κ2) is 8.17. The molecule has 9 heteroatoms. The van der Waals surface area contributed by atoms with Crippen LogP contribution in [0, 0.1) is 0 Å². The van der Waals surface area contributed by atoms with Crippen molar-refractivity contribution in [3.05, 3.63) is 66.1 Å². The number of rotatable bonds is 6. The van der Waals surface area contributed by atoms with Gasteiger partial charge in [-0.1, -0.05) is 17.3 Å². The molecule has 0 saturated carbocycles. The molecule has 0 bridgehead atoms. The van der Waals surface area contributed by atoms with Gasteiger partial charge in [-0.2, -0.15) is 0 Å². The van der Waals surface area contributed by atoms with Crippen LogP contribution in [0.4, 0.5) is 0 Å². The van der Waals surface area contributed by atoms with Gasteiger partial charge in [0.1, 0.15) is 11.4 Å². The van der Waals surface area contributed by atoms with Gasteiger partial charge in [-0.05, 0) is 30.7 Å². The third-order valence-corrected chi connectivity index (χ3v) is 5.55. The lowest BCUT2D eigenvalue weighted by Gasteiger charge is -2.38. The summed E-state index contributed by atoms with van der Waals surface area (Å²) in [5, 5.41) is 8.39. The lowest BCUT2D eigenvalue weighted by Crippen LogP contribution is -2.50. The van der Waals surface area contributed by atoms with Gasteiger partial charge < -0.3 is 14.5 Å². The smallest absolute Gasteiger partial charge is 0.254 e. The first-order chi connectivity index (χ1) is 15.2. The minimum absolute atomic E-state index is 0.0503. The predicted molar refractivity (Wildman–Crippen MR) is 110 cm³/mol. The molecule has 2 aliphatic heterocycles. The molecule has 4 heterocycles. The molecule has 2 aromatic heterocycles. The zero-order chi connectivity index (χ0) is 21.2. The van der Waals surface area contributed by atoms with Crippen molar-refractivity contribution < 1.29 is 14.3 Å². The van der Waals surface area contributed by atoms with Gasteiger partial charge in [-0.15, -0.1) is 5.10 Å². The molecule has 9 nitrogen and oxygen atoms in total. The van der Waals surface area contributed by atoms with E-state index in [4.69, 9.17) is 4.74 Å². The molecule has 1 aromatic carbocycles. The molecule has 158 valence electrons. The fourth-order valence-electron chi connectivity index (χ4n) is 3.82. The third-order valence-electron chi connectivity index (χ3n) is 5.55. The standard InChI is InChI=1S/C22H22N6O3/c29-21-8-4-10-26(21)12-17-13-28(25-24-17)18-14-27(15-18)22(30)16-5-3-6-19(11-16)31-20-7-1-2-9-23-20/h1-3,5-7,9,11,13,18H,4,8,10,12,14-15H2. The Hall–Kier alpha value is -3.75. The SMILES string of the molecule is O=C1CCCN1Cc1cn(C2CN(C(=O)c3cccc(Oc4ccccn4)c3)C2)nn1. The van der Waals surface area contributed by atoms with E-state index >= 15 is 0 Å². The normalized spacial score (nSPS) is 16.5. The number of carbonyl (C=O) groups excluding carboxylic acids is 2. The Labute approximate surface area is 179 Å². The topological polar surface area (TPSA) is 93.5 Å². The number of pyridine rings is 1. The monoisotopic (exact) mass is 418 g/mol. The summed E-state index contributed by atoms with van der Waals surface area (Å²) in [5.41, 5.74) is 1.35. The number of nitrogens with zero attached hydrogens (tertiary/aromatic N) is 6. The van der Waals surface area contributed by atoms with Crippen LogP contribution in [0.3, 0.4) is 0 Å². The van der Waals surface area contributed by atoms with Crippen molar-refractivity contribution >= 4 is 11.8 Å². The van der Waals surface area contributed by atoms with Crippen molar-refractivity contribution in [3.63, 3.8) is 0 Å². The molecule has 2 saturated heterocycles. The summed E-state index contributed by atoms with van der Waals surface area (Å²) in [6, 6.07) is 12.6. The number of benzene rings is 1. The van der Waals surface area contributed by atoms with Crippen LogP contribution < -0.4 is 4.74 Å². The minimum atomic E-state index is -0.0503. The maximum atomic E-state index is 12.8. The molecule has 0 aliphatic carbocycles. The highest BCUT2D eigenvalue weighted by Gasteiger charge is 2.33. The van der Waals surface area contributed by atoms with E-state index < -0.39 is 0 Å². The summed E-state index contributed by atoms with van der Waals surface area (Å²) >= 11 is 0. The van der Waals surface area contributed by atoms with Crippen molar-refractivity contribution in [2.75, 3.05) is 19.6 Å². The van der Waals surface area contributed by atoms with Gasteiger partial charge in [-0.25, -0.2) is 9.67 Å². The summed E-state index contributed by atoms with van der Waals surface area (Å²) in [6.45, 7) is 2.41. The minimum Gasteiger partial charge on any atom is -0.439 e. The largest absolute Gasteiger partial charge is 0.439 e. The fourth-order valence-corrected chi connectivity index (χ4v) is 3.82. The van der Waals surface area contributed by atoms with Gasteiger partial charge >= 0.3 is 0 Å². The maximum Gasteiger partial charge on any atom is 0.254 e. The van der Waals surface area contributed by atoms with Crippen LogP contribution in [-0.2, 0) is 11.3 Å². The first-order valence-corrected chi connectivity index (χ1v) is 10.3. The summed E-state index contributed by atoms with van der Waals surface area (Å²) in [6.07, 6.45) is 5.05. The lowest BCUT2D eigenvalue weighted by atomic mass is 10.1. The van der Waals surface area contributed by atoms with Gasteiger partial charge in [0, 0.05) is 43.9 Å². The average molecular weight is 418 g/mol. The molecule has 5 rings (SSSR count). The summed E-state index contributed by atoms with van der Waals surface area (Å²) < 4.78 is 7.52. The number of likely N-dealkylation sites (tertiary alicyclic amines) is 2. The first kappa shape index (κ1) is 19.2. The maximum absolute atomic E-state index is 12.8. The van der Waals surface area contributed by atoms with E-state index in [-0.39, 0.29) is 17.9 Å². The fraction of sp³-hybridized carbons (Fsp3) is 0.318. The zero-order valence-corrected chi connectivity index (χ0v) is 16.9. The number of ether oxygens (including phenoxy) is 1. The molecule has 0 N–H and O–H groups in total. The molecule has 0 atom stereocenters. The van der Waals surface area contributed by atoms with Crippen LogP contribution in [0.25, 0.3) is 0 Å². The molecule has 31 heavy (non-hydrogen) atoms. The Balaban J connectivity index is 1.18. The molecule has 3 aromatic rings. The van der Waals surface area contributed by atoms with Crippen LogP contribution in [0.15, 0.2) is 54.9 Å². The van der Waals surface area contributed by atoms with Gasteiger partial charge in [0.15, 0.2) is 0 Å². The Morgan fingerprint density at radius 1 is 1.16 bits per heavy atom. The van der Waals surface area contributed by atoms with Gasteiger partial charge in [0.25, 0.3) is 5.91 Å². The summed E-state index contributed by atoms with van der Waals surface area (Å²) in [5.74, 6) is 1.17. The molecule has 2 fully saturated rings. The van der Waals surface area contributed by atoms with Crippen LogP contribution in [0.1, 0.15) is 34.9 Å². The molecule has 2 aliphatic rings. The van der Waals surface area contributed by atoms with Crippen LogP contribution >= 0.6 is 0 Å². The Kier molecular flexibility index (Phi) is 5.07. The molecule has 0 unspecified atom stereocenters. The highest BCUT2D eigenvalue weighted by atomic mass is 16.5. The van der Waals surface area contributed by atoms with Gasteiger partial charge in [-0.3, -0.25) is 9.59 Å². The van der Waals surface area contributed by atoms with Crippen molar-refractivity contribution in [1.82, 2.24) is 29.8 Å². The van der Waals surface area contributed by atoms with Crippen molar-refractivity contribution in [2.24, 2.45) is 0 Å². The summed E-state index contributed by atoms with van der Waals surface area (Å²) in [7, 11) is 0. The number of hydrogen-bond donors (Lipinski definition) is 0. The van der Waals surface area contributed by atoms with E-state index in [9.17, 15) is 9.59 Å². The van der Waals surface area contributed by atoms with E-state index in [0.717, 1.165) is 18.7 Å². The second-order valence-electron chi connectivity index (χ2n) is 7.77. The van der Waals surface area contributed by atoms with E-state index in [0.29, 0.717) is 43.2 Å². The Morgan fingerprint density at radius 2 is 2.06 bits per heavy atom. The van der Waals surface area contributed by atoms with E-state index in [1.54, 1.807) is 46.1 Å². The molecule has 2 amide bonds. The number of carbonyl (C=O) groups is 2. The van der Waals surface area contributed by atoms with Crippen molar-refractivity contribution in [1.29, 1.82) is 0 Å². The first-order valence-electron chi connectivity index (χ1n) is 10.3. The lowest BCUT2D eigenvalue weighted by molar-refractivity contribution is -0.128. The van der Waals surface area contributed by atoms with Crippen LogP contribution in [-0.4, -0.2) is 61.2 Å².